The van der Waals surface area contributed by atoms with Crippen LogP contribution >= 0.6 is 11.8 Å². The summed E-state index contributed by atoms with van der Waals surface area (Å²) >= 11 is 1.74. The Bertz CT molecular complexity index is 368. The first-order valence-corrected chi connectivity index (χ1v) is 9.47. The second kappa shape index (κ2) is 6.11. The Morgan fingerprint density at radius 3 is 2.61 bits per heavy atom. The molecule has 0 aromatic heterocycles. The minimum absolute atomic E-state index is 0.0553. The zero-order valence-corrected chi connectivity index (χ0v) is 13.7. The van der Waals surface area contributed by atoms with Gasteiger partial charge in [0.15, 0.2) is 9.84 Å². The molecule has 0 aromatic carbocycles. The Kier molecular flexibility index (Phi) is 5.53. The summed E-state index contributed by atoms with van der Waals surface area (Å²) < 4.78 is 23.7. The lowest BCUT2D eigenvalue weighted by Crippen LogP contribution is -2.53. The summed E-state index contributed by atoms with van der Waals surface area (Å²) in [7, 11) is -1.04. The maximum atomic E-state index is 11.9. The van der Waals surface area contributed by atoms with Gasteiger partial charge in [0.2, 0.25) is 0 Å². The molecule has 2 atom stereocenters. The van der Waals surface area contributed by atoms with Crippen LogP contribution in [0.5, 0.6) is 0 Å². The van der Waals surface area contributed by atoms with E-state index in [-0.39, 0.29) is 10.8 Å². The van der Waals surface area contributed by atoms with E-state index in [0.29, 0.717) is 11.8 Å². The maximum Gasteiger partial charge on any atom is 0.164 e. The zero-order valence-electron chi connectivity index (χ0n) is 12.1. The van der Waals surface area contributed by atoms with Crippen LogP contribution in [-0.4, -0.2) is 62.6 Å². The first-order valence-electron chi connectivity index (χ1n) is 6.36. The number of thioether (sulfide) groups is 1. The molecule has 6 heteroatoms. The molecule has 0 bridgehead atoms. The maximum absolute atomic E-state index is 11.9. The monoisotopic (exact) mass is 294 g/mol. The fourth-order valence-electron chi connectivity index (χ4n) is 2.24. The van der Waals surface area contributed by atoms with E-state index in [9.17, 15) is 8.42 Å². The molecule has 1 rings (SSSR count). The number of rotatable bonds is 5. The van der Waals surface area contributed by atoms with Gasteiger partial charge in [-0.2, -0.15) is 11.8 Å². The summed E-state index contributed by atoms with van der Waals surface area (Å²) in [5.41, 5.74) is 0.0553. The van der Waals surface area contributed by atoms with Gasteiger partial charge >= 0.3 is 0 Å². The number of hydrogen-bond donors (Lipinski definition) is 1. The third-order valence-electron chi connectivity index (χ3n) is 3.90. The van der Waals surface area contributed by atoms with Crippen molar-refractivity contribution in [2.75, 3.05) is 37.9 Å². The van der Waals surface area contributed by atoms with Crippen LogP contribution in [0, 0.1) is 5.41 Å². The average molecular weight is 294 g/mol. The van der Waals surface area contributed by atoms with Crippen molar-refractivity contribution in [3.8, 4) is 0 Å². The van der Waals surface area contributed by atoms with E-state index < -0.39 is 9.84 Å². The van der Waals surface area contributed by atoms with Crippen LogP contribution in [-0.2, 0) is 9.84 Å². The lowest BCUT2D eigenvalue weighted by Gasteiger charge is -2.41. The molecule has 1 aliphatic heterocycles. The number of nitrogens with one attached hydrogen (secondary N) is 1. The lowest BCUT2D eigenvalue weighted by molar-refractivity contribution is 0.143. The van der Waals surface area contributed by atoms with E-state index >= 15 is 0 Å². The third-order valence-corrected chi connectivity index (χ3v) is 6.59. The van der Waals surface area contributed by atoms with E-state index in [2.05, 4.69) is 31.0 Å². The van der Waals surface area contributed by atoms with Crippen molar-refractivity contribution in [1.29, 1.82) is 0 Å². The molecule has 0 saturated carbocycles. The number of nitrogens with zero attached hydrogens (tertiary/aromatic N) is 1. The fraction of sp³-hybridized carbons (Fsp3) is 1.00. The number of sulfone groups is 1. The Balaban J connectivity index is 2.80. The molecule has 0 amide bonds. The zero-order chi connectivity index (χ0) is 14.0. The molecule has 1 fully saturated rings. The highest BCUT2D eigenvalue weighted by atomic mass is 32.2. The second-order valence-corrected chi connectivity index (χ2v) is 9.18. The van der Waals surface area contributed by atoms with E-state index in [0.717, 1.165) is 18.8 Å². The molecule has 1 saturated heterocycles. The molecule has 18 heavy (non-hydrogen) atoms. The molecule has 0 radical (unpaired) electrons. The van der Waals surface area contributed by atoms with E-state index in [1.165, 1.54) is 6.26 Å². The lowest BCUT2D eigenvalue weighted by atomic mass is 9.85. The number of hydrogen-bond acceptors (Lipinski definition) is 5. The van der Waals surface area contributed by atoms with Crippen molar-refractivity contribution >= 4 is 21.6 Å². The van der Waals surface area contributed by atoms with Gasteiger partial charge in [-0.25, -0.2) is 8.42 Å². The van der Waals surface area contributed by atoms with Crippen LogP contribution in [0.2, 0.25) is 0 Å². The average Bonchev–Trinajstić information content (AvgIpc) is 2.26. The van der Waals surface area contributed by atoms with Crippen molar-refractivity contribution in [3.63, 3.8) is 0 Å². The van der Waals surface area contributed by atoms with Gasteiger partial charge in [0.25, 0.3) is 0 Å². The van der Waals surface area contributed by atoms with Crippen molar-refractivity contribution in [2.24, 2.45) is 5.41 Å². The van der Waals surface area contributed by atoms with Crippen molar-refractivity contribution < 1.29 is 8.42 Å². The fourth-order valence-corrected chi connectivity index (χ4v) is 5.18. The molecule has 2 unspecified atom stereocenters. The van der Waals surface area contributed by atoms with Gasteiger partial charge in [-0.3, -0.25) is 4.90 Å². The molecular formula is C12H26N2O2S2. The molecule has 0 spiro atoms. The molecule has 4 nitrogen and oxygen atoms in total. The minimum atomic E-state index is -3.00. The van der Waals surface area contributed by atoms with Crippen LogP contribution < -0.4 is 5.32 Å². The van der Waals surface area contributed by atoms with E-state index in [1.54, 1.807) is 11.8 Å². The molecule has 1 N–H and O–H groups in total. The van der Waals surface area contributed by atoms with Crippen molar-refractivity contribution in [1.82, 2.24) is 10.2 Å². The smallest absolute Gasteiger partial charge is 0.164 e. The molecule has 0 aromatic rings. The minimum Gasteiger partial charge on any atom is -0.317 e. The Hall–Kier alpha value is 0.220. The Morgan fingerprint density at radius 2 is 2.11 bits per heavy atom. The van der Waals surface area contributed by atoms with Gasteiger partial charge in [-0.05, 0) is 19.4 Å². The Morgan fingerprint density at radius 1 is 1.50 bits per heavy atom. The largest absolute Gasteiger partial charge is 0.317 e. The highest BCUT2D eigenvalue weighted by molar-refractivity contribution is 8.00. The molecule has 1 aliphatic rings. The van der Waals surface area contributed by atoms with Crippen LogP contribution in [0.1, 0.15) is 20.8 Å². The highest BCUT2D eigenvalue weighted by Gasteiger charge is 2.36. The van der Waals surface area contributed by atoms with Gasteiger partial charge in [0, 0.05) is 36.9 Å². The quantitative estimate of drug-likeness (QED) is 0.821. The van der Waals surface area contributed by atoms with Gasteiger partial charge in [0.1, 0.15) is 5.37 Å². The molecule has 108 valence electrons. The van der Waals surface area contributed by atoms with Crippen LogP contribution in [0.15, 0.2) is 0 Å². The summed E-state index contributed by atoms with van der Waals surface area (Å²) in [6.07, 6.45) is 1.35. The van der Waals surface area contributed by atoms with Crippen molar-refractivity contribution in [2.45, 2.75) is 32.2 Å². The first-order chi connectivity index (χ1) is 8.18. The van der Waals surface area contributed by atoms with Gasteiger partial charge in [0.05, 0.1) is 0 Å². The standard InChI is InChI=1S/C12H26N2O2S2/c1-10(13-4)12(2,3)9-14-6-7-17-8-11(14)18(5,15)16/h10-11,13H,6-9H2,1-5H3. The van der Waals surface area contributed by atoms with Gasteiger partial charge in [-0.15, -0.1) is 0 Å². The van der Waals surface area contributed by atoms with Crippen LogP contribution in [0.4, 0.5) is 0 Å². The van der Waals surface area contributed by atoms with Gasteiger partial charge in [-0.1, -0.05) is 13.8 Å². The predicted octanol–water partition coefficient (Wildman–Crippen LogP) is 1.04. The summed E-state index contributed by atoms with van der Waals surface area (Å²) in [6, 6.07) is 0.354. The van der Waals surface area contributed by atoms with Crippen LogP contribution in [0.25, 0.3) is 0 Å². The van der Waals surface area contributed by atoms with Gasteiger partial charge < -0.3 is 5.32 Å². The predicted molar refractivity (Wildman–Crippen MR) is 79.8 cm³/mol. The summed E-state index contributed by atoms with van der Waals surface area (Å²) in [4.78, 5) is 2.14. The highest BCUT2D eigenvalue weighted by Crippen LogP contribution is 2.27. The summed E-state index contributed by atoms with van der Waals surface area (Å²) in [6.45, 7) is 8.20. The SMILES string of the molecule is CNC(C)C(C)(C)CN1CCSCC1S(C)(=O)=O. The Labute approximate surface area is 116 Å². The normalized spacial score (nSPS) is 25.1. The topological polar surface area (TPSA) is 49.4 Å². The molecule has 0 aliphatic carbocycles. The summed E-state index contributed by atoms with van der Waals surface area (Å²) in [5, 5.41) is 2.95. The van der Waals surface area contributed by atoms with Crippen molar-refractivity contribution in [3.05, 3.63) is 0 Å². The second-order valence-electron chi connectivity index (χ2n) is 5.83. The molecular weight excluding hydrogens is 268 g/mol. The third kappa shape index (κ3) is 4.11. The van der Waals surface area contributed by atoms with E-state index in [1.807, 2.05) is 7.05 Å². The van der Waals surface area contributed by atoms with E-state index in [4.69, 9.17) is 0 Å². The first kappa shape index (κ1) is 16.3. The summed E-state index contributed by atoms with van der Waals surface area (Å²) in [5.74, 6) is 1.72. The molecule has 1 heterocycles. The van der Waals surface area contributed by atoms with Crippen LogP contribution in [0.3, 0.4) is 0 Å².